The monoisotopic (exact) mass is 274 g/mol. The molecule has 0 spiro atoms. The van der Waals surface area contributed by atoms with E-state index < -0.39 is 0 Å². The van der Waals surface area contributed by atoms with Crippen LogP contribution < -0.4 is 0 Å². The van der Waals surface area contributed by atoms with Crippen LogP contribution in [0.15, 0.2) is 47.4 Å². The number of allylic oxidation sites excluding steroid dienone is 1. The van der Waals surface area contributed by atoms with Gasteiger partial charge in [0.1, 0.15) is 17.2 Å². The Balaban J connectivity index is 2.60. The number of aromatic nitrogens is 2. The predicted octanol–water partition coefficient (Wildman–Crippen LogP) is 4.18. The van der Waals surface area contributed by atoms with Gasteiger partial charge in [-0.3, -0.25) is 0 Å². The molecule has 0 aliphatic rings. The predicted molar refractivity (Wildman–Crippen MR) is 77.6 cm³/mol. The minimum Gasteiger partial charge on any atom is -0.244 e. The Hall–Kier alpha value is -1.68. The van der Waals surface area contributed by atoms with Crippen LogP contribution in [0.1, 0.15) is 25.0 Å². The minimum atomic E-state index is -0.230. The summed E-state index contributed by atoms with van der Waals surface area (Å²) in [7, 11) is 0. The zero-order chi connectivity index (χ0) is 13.8. The van der Waals surface area contributed by atoms with E-state index in [4.69, 9.17) is 0 Å². The molecule has 1 aromatic heterocycles. The van der Waals surface area contributed by atoms with Gasteiger partial charge in [0.2, 0.25) is 0 Å². The van der Waals surface area contributed by atoms with E-state index in [1.807, 2.05) is 26.3 Å². The molecule has 0 atom stereocenters. The van der Waals surface area contributed by atoms with Gasteiger partial charge in [-0.2, -0.15) is 0 Å². The maximum Gasteiger partial charge on any atom is 0.123 e. The van der Waals surface area contributed by atoms with E-state index in [9.17, 15) is 4.39 Å². The van der Waals surface area contributed by atoms with E-state index >= 15 is 0 Å². The Kier molecular flexibility index (Phi) is 4.32. The molecule has 0 saturated carbocycles. The molecule has 19 heavy (non-hydrogen) atoms. The van der Waals surface area contributed by atoms with Crippen molar-refractivity contribution >= 4 is 17.3 Å². The van der Waals surface area contributed by atoms with Crippen molar-refractivity contribution in [2.24, 2.45) is 0 Å². The fraction of sp³-hybridized carbons (Fsp3) is 0.200. The molecule has 0 saturated heterocycles. The first-order chi connectivity index (χ1) is 9.13. The van der Waals surface area contributed by atoms with Crippen molar-refractivity contribution in [1.29, 1.82) is 0 Å². The summed E-state index contributed by atoms with van der Waals surface area (Å²) in [5.74, 6) is -0.230. The fourth-order valence-corrected chi connectivity index (χ4v) is 2.51. The summed E-state index contributed by atoms with van der Waals surface area (Å²) in [6.45, 7) is 4.07. The number of hydrogen-bond acceptors (Lipinski definition) is 3. The molecule has 0 amide bonds. The van der Waals surface area contributed by atoms with Crippen LogP contribution in [0.3, 0.4) is 0 Å². The maximum atomic E-state index is 13.1. The average molecular weight is 274 g/mol. The lowest BCUT2D eigenvalue weighted by atomic mass is 9.96. The van der Waals surface area contributed by atoms with Gasteiger partial charge >= 0.3 is 0 Å². The first-order valence-corrected chi connectivity index (χ1v) is 7.13. The Morgan fingerprint density at radius 1 is 1.16 bits per heavy atom. The minimum absolute atomic E-state index is 0.230. The number of rotatable bonds is 3. The van der Waals surface area contributed by atoms with Crippen molar-refractivity contribution in [3.63, 3.8) is 0 Å². The third-order valence-electron chi connectivity index (χ3n) is 2.77. The SMILES string of the molecule is CSc1ncncc1C(=C(C)C)c1ccc(F)cc1. The summed E-state index contributed by atoms with van der Waals surface area (Å²) < 4.78 is 13.1. The molecule has 0 N–H and O–H groups in total. The van der Waals surface area contributed by atoms with Crippen molar-refractivity contribution < 1.29 is 4.39 Å². The Labute approximate surface area is 116 Å². The third kappa shape index (κ3) is 3.01. The summed E-state index contributed by atoms with van der Waals surface area (Å²) in [5, 5.41) is 0.926. The van der Waals surface area contributed by atoms with Crippen LogP contribution in [0, 0.1) is 5.82 Å². The van der Waals surface area contributed by atoms with Crippen molar-refractivity contribution in [2.75, 3.05) is 6.26 Å². The highest BCUT2D eigenvalue weighted by atomic mass is 32.2. The number of benzene rings is 1. The van der Waals surface area contributed by atoms with Crippen molar-refractivity contribution in [2.45, 2.75) is 18.9 Å². The molecule has 1 heterocycles. The van der Waals surface area contributed by atoms with Gasteiger partial charge in [-0.25, -0.2) is 14.4 Å². The number of thioether (sulfide) groups is 1. The van der Waals surface area contributed by atoms with E-state index in [0.29, 0.717) is 0 Å². The molecular weight excluding hydrogens is 259 g/mol. The summed E-state index contributed by atoms with van der Waals surface area (Å²) >= 11 is 1.58. The molecule has 4 heteroatoms. The summed E-state index contributed by atoms with van der Waals surface area (Å²) in [5.41, 5.74) is 4.18. The molecular formula is C15H15FN2S. The third-order valence-corrected chi connectivity index (χ3v) is 3.48. The smallest absolute Gasteiger partial charge is 0.123 e. The second kappa shape index (κ2) is 5.97. The highest BCUT2D eigenvalue weighted by Crippen LogP contribution is 2.31. The van der Waals surface area contributed by atoms with Crippen LogP contribution in [0.4, 0.5) is 4.39 Å². The lowest BCUT2D eigenvalue weighted by Gasteiger charge is -2.13. The molecule has 2 rings (SSSR count). The Bertz CT molecular complexity index is 602. The molecule has 0 aliphatic heterocycles. The molecule has 0 fully saturated rings. The van der Waals surface area contributed by atoms with Gasteiger partial charge in [0, 0.05) is 11.8 Å². The molecule has 0 unspecified atom stereocenters. The maximum absolute atomic E-state index is 13.1. The van der Waals surface area contributed by atoms with Crippen LogP contribution in [-0.2, 0) is 0 Å². The first-order valence-electron chi connectivity index (χ1n) is 5.91. The quantitative estimate of drug-likeness (QED) is 0.620. The summed E-state index contributed by atoms with van der Waals surface area (Å²) in [4.78, 5) is 8.39. The molecule has 0 aliphatic carbocycles. The standard InChI is InChI=1S/C15H15FN2S/c1-10(2)14(11-4-6-12(16)7-5-11)13-8-17-9-18-15(13)19-3/h4-9H,1-3H3. The lowest BCUT2D eigenvalue weighted by molar-refractivity contribution is 0.627. The number of hydrogen-bond donors (Lipinski definition) is 0. The zero-order valence-electron chi connectivity index (χ0n) is 11.1. The average Bonchev–Trinajstić information content (AvgIpc) is 2.41. The first kappa shape index (κ1) is 13.7. The van der Waals surface area contributed by atoms with E-state index in [-0.39, 0.29) is 5.82 Å². The van der Waals surface area contributed by atoms with Crippen molar-refractivity contribution in [1.82, 2.24) is 9.97 Å². The zero-order valence-corrected chi connectivity index (χ0v) is 12.0. The second-order valence-electron chi connectivity index (χ2n) is 4.33. The van der Waals surface area contributed by atoms with E-state index in [1.165, 1.54) is 12.1 Å². The van der Waals surface area contributed by atoms with Gasteiger partial charge < -0.3 is 0 Å². The molecule has 0 radical (unpaired) electrons. The largest absolute Gasteiger partial charge is 0.244 e. The highest BCUT2D eigenvalue weighted by molar-refractivity contribution is 7.98. The van der Waals surface area contributed by atoms with Crippen LogP contribution in [0.25, 0.3) is 5.57 Å². The molecule has 98 valence electrons. The van der Waals surface area contributed by atoms with E-state index in [0.717, 1.165) is 27.3 Å². The van der Waals surface area contributed by atoms with Gasteiger partial charge in [-0.15, -0.1) is 11.8 Å². The molecule has 2 nitrogen and oxygen atoms in total. The second-order valence-corrected chi connectivity index (χ2v) is 5.12. The molecule has 2 aromatic rings. The van der Waals surface area contributed by atoms with Gasteiger partial charge in [0.25, 0.3) is 0 Å². The summed E-state index contributed by atoms with van der Waals surface area (Å²) in [6.07, 6.45) is 5.34. The lowest BCUT2D eigenvalue weighted by Crippen LogP contribution is -1.96. The Morgan fingerprint density at radius 3 is 2.42 bits per heavy atom. The van der Waals surface area contributed by atoms with Gasteiger partial charge in [-0.05, 0) is 43.4 Å². The summed E-state index contributed by atoms with van der Waals surface area (Å²) in [6, 6.07) is 6.52. The fourth-order valence-electron chi connectivity index (χ4n) is 1.98. The van der Waals surface area contributed by atoms with Crippen LogP contribution in [0.2, 0.25) is 0 Å². The number of halogens is 1. The van der Waals surface area contributed by atoms with Crippen molar-refractivity contribution in [3.05, 3.63) is 59.3 Å². The van der Waals surface area contributed by atoms with Crippen LogP contribution in [-0.4, -0.2) is 16.2 Å². The van der Waals surface area contributed by atoms with E-state index in [2.05, 4.69) is 9.97 Å². The highest BCUT2D eigenvalue weighted by Gasteiger charge is 2.12. The topological polar surface area (TPSA) is 25.8 Å². The van der Waals surface area contributed by atoms with Gasteiger partial charge in [0.05, 0.1) is 0 Å². The van der Waals surface area contributed by atoms with Crippen LogP contribution >= 0.6 is 11.8 Å². The van der Waals surface area contributed by atoms with Crippen LogP contribution in [0.5, 0.6) is 0 Å². The number of nitrogens with zero attached hydrogens (tertiary/aromatic N) is 2. The van der Waals surface area contributed by atoms with E-state index in [1.54, 1.807) is 30.2 Å². The normalized spacial score (nSPS) is 10.3. The van der Waals surface area contributed by atoms with Gasteiger partial charge in [0.15, 0.2) is 0 Å². The Morgan fingerprint density at radius 2 is 1.84 bits per heavy atom. The molecule has 1 aromatic carbocycles. The van der Waals surface area contributed by atoms with Gasteiger partial charge in [-0.1, -0.05) is 17.7 Å². The molecule has 0 bridgehead atoms. The van der Waals surface area contributed by atoms with Crippen molar-refractivity contribution in [3.8, 4) is 0 Å².